The van der Waals surface area contributed by atoms with Gasteiger partial charge in [0.2, 0.25) is 0 Å². The van der Waals surface area contributed by atoms with E-state index in [1.807, 2.05) is 20.9 Å². The summed E-state index contributed by atoms with van der Waals surface area (Å²) < 4.78 is 5.65. The normalized spacial score (nSPS) is 17.7. The van der Waals surface area contributed by atoms with Crippen molar-refractivity contribution in [2.24, 2.45) is 11.8 Å². The summed E-state index contributed by atoms with van der Waals surface area (Å²) in [5, 5.41) is 3.10. The fraction of sp³-hybridized carbons (Fsp3) is 1.00. The average Bonchev–Trinajstić information content (AvgIpc) is 2.38. The summed E-state index contributed by atoms with van der Waals surface area (Å²) in [6.45, 7) is 15.1. The van der Waals surface area contributed by atoms with Gasteiger partial charge in [-0.15, -0.1) is 0 Å². The molecule has 1 rings (SSSR count). The van der Waals surface area contributed by atoms with Crippen molar-refractivity contribution in [2.75, 3.05) is 46.4 Å². The van der Waals surface area contributed by atoms with Crippen molar-refractivity contribution < 1.29 is 4.74 Å². The van der Waals surface area contributed by atoms with Crippen LogP contribution in [-0.2, 0) is 4.74 Å². The minimum atomic E-state index is 0.792. The minimum absolute atomic E-state index is 0.792. The van der Waals surface area contributed by atoms with Crippen molar-refractivity contribution in [3.8, 4) is 0 Å². The van der Waals surface area contributed by atoms with E-state index in [9.17, 15) is 0 Å². The van der Waals surface area contributed by atoms with Crippen LogP contribution in [0, 0.1) is 11.8 Å². The van der Waals surface area contributed by atoms with Crippen LogP contribution in [0.2, 0.25) is 0 Å². The van der Waals surface area contributed by atoms with Crippen LogP contribution < -0.4 is 5.32 Å². The standard InChI is InChI=1S/C13H28N2O.C2H6/c1-12(2)10-15-7-4-13(5-8-15)11-16-9-6-14-3;1-2/h12-14H,4-11H2,1-3H3;1-2H3. The molecule has 110 valence electrons. The first-order chi connectivity index (χ1) is 8.72. The molecule has 0 atom stereocenters. The number of nitrogens with zero attached hydrogens (tertiary/aromatic N) is 1. The smallest absolute Gasteiger partial charge is 0.0590 e. The Balaban J connectivity index is 0.00000137. The van der Waals surface area contributed by atoms with Crippen molar-refractivity contribution in [2.45, 2.75) is 40.5 Å². The molecular formula is C15H34N2O. The van der Waals surface area contributed by atoms with Gasteiger partial charge in [-0.25, -0.2) is 0 Å². The van der Waals surface area contributed by atoms with Gasteiger partial charge in [0.1, 0.15) is 0 Å². The molecule has 0 aromatic heterocycles. The molecule has 3 nitrogen and oxygen atoms in total. The van der Waals surface area contributed by atoms with Crippen LogP contribution in [-0.4, -0.2) is 51.3 Å². The molecule has 1 heterocycles. The number of hydrogen-bond acceptors (Lipinski definition) is 3. The Hall–Kier alpha value is -0.120. The summed E-state index contributed by atoms with van der Waals surface area (Å²) in [6.07, 6.45) is 2.62. The lowest BCUT2D eigenvalue weighted by atomic mass is 9.97. The summed E-state index contributed by atoms with van der Waals surface area (Å²) in [4.78, 5) is 2.59. The topological polar surface area (TPSA) is 24.5 Å². The van der Waals surface area contributed by atoms with Crippen LogP contribution in [0.4, 0.5) is 0 Å². The van der Waals surface area contributed by atoms with Gasteiger partial charge in [0, 0.05) is 19.7 Å². The molecule has 0 unspecified atom stereocenters. The van der Waals surface area contributed by atoms with Gasteiger partial charge in [0.05, 0.1) is 6.61 Å². The summed E-state index contributed by atoms with van der Waals surface area (Å²) >= 11 is 0. The number of likely N-dealkylation sites (tertiary alicyclic amines) is 1. The van der Waals surface area contributed by atoms with Gasteiger partial charge in [0.15, 0.2) is 0 Å². The van der Waals surface area contributed by atoms with Gasteiger partial charge < -0.3 is 15.0 Å². The lowest BCUT2D eigenvalue weighted by molar-refractivity contribution is 0.0664. The highest BCUT2D eigenvalue weighted by Gasteiger charge is 2.19. The second kappa shape index (κ2) is 11.9. The quantitative estimate of drug-likeness (QED) is 0.711. The number of rotatable bonds is 7. The van der Waals surface area contributed by atoms with Crippen LogP contribution in [0.5, 0.6) is 0 Å². The Morgan fingerprint density at radius 3 is 2.33 bits per heavy atom. The molecule has 0 bridgehead atoms. The molecule has 0 amide bonds. The highest BCUT2D eigenvalue weighted by molar-refractivity contribution is 4.72. The molecule has 3 heteroatoms. The van der Waals surface area contributed by atoms with Crippen LogP contribution in [0.1, 0.15) is 40.5 Å². The van der Waals surface area contributed by atoms with Gasteiger partial charge in [-0.2, -0.15) is 0 Å². The molecule has 1 aliphatic rings. The number of piperidine rings is 1. The zero-order valence-corrected chi connectivity index (χ0v) is 13.2. The van der Waals surface area contributed by atoms with Gasteiger partial charge >= 0.3 is 0 Å². The molecule has 0 aliphatic carbocycles. The molecule has 0 aromatic carbocycles. The Morgan fingerprint density at radius 2 is 1.83 bits per heavy atom. The molecule has 18 heavy (non-hydrogen) atoms. The summed E-state index contributed by atoms with van der Waals surface area (Å²) in [7, 11) is 1.97. The van der Waals surface area contributed by atoms with E-state index in [0.717, 1.165) is 31.6 Å². The van der Waals surface area contributed by atoms with Crippen molar-refractivity contribution in [3.05, 3.63) is 0 Å². The lowest BCUT2D eigenvalue weighted by Gasteiger charge is -2.32. The van der Waals surface area contributed by atoms with Gasteiger partial charge in [-0.1, -0.05) is 27.7 Å². The molecule has 0 aromatic rings. The fourth-order valence-corrected chi connectivity index (χ4v) is 2.28. The highest BCUT2D eigenvalue weighted by Crippen LogP contribution is 2.18. The monoisotopic (exact) mass is 258 g/mol. The predicted octanol–water partition coefficient (Wildman–Crippen LogP) is 2.62. The minimum Gasteiger partial charge on any atom is -0.380 e. The van der Waals surface area contributed by atoms with Crippen molar-refractivity contribution in [1.82, 2.24) is 10.2 Å². The molecule has 1 saturated heterocycles. The number of hydrogen-bond donors (Lipinski definition) is 1. The fourth-order valence-electron chi connectivity index (χ4n) is 2.28. The zero-order chi connectivity index (χ0) is 13.8. The van der Waals surface area contributed by atoms with Gasteiger partial charge in [-0.3, -0.25) is 0 Å². The van der Waals surface area contributed by atoms with Gasteiger partial charge in [0.25, 0.3) is 0 Å². The van der Waals surface area contributed by atoms with E-state index in [1.165, 1.54) is 32.5 Å². The Labute approximate surface area is 114 Å². The maximum Gasteiger partial charge on any atom is 0.0590 e. The lowest BCUT2D eigenvalue weighted by Crippen LogP contribution is -2.37. The molecular weight excluding hydrogens is 224 g/mol. The molecule has 0 saturated carbocycles. The maximum atomic E-state index is 5.65. The SMILES string of the molecule is CC.CNCCOCC1CCN(CC(C)C)CC1. The van der Waals surface area contributed by atoms with Crippen LogP contribution in [0.3, 0.4) is 0 Å². The first kappa shape index (κ1) is 17.9. The first-order valence-electron chi connectivity index (χ1n) is 7.67. The van der Waals surface area contributed by atoms with E-state index in [0.29, 0.717) is 0 Å². The third kappa shape index (κ3) is 8.90. The van der Waals surface area contributed by atoms with Crippen LogP contribution >= 0.6 is 0 Å². The molecule has 1 aliphatic heterocycles. The molecule has 0 radical (unpaired) electrons. The van der Waals surface area contributed by atoms with E-state index in [-0.39, 0.29) is 0 Å². The molecule has 1 fully saturated rings. The third-order valence-corrected chi connectivity index (χ3v) is 3.18. The van der Waals surface area contributed by atoms with E-state index < -0.39 is 0 Å². The maximum absolute atomic E-state index is 5.65. The number of nitrogens with one attached hydrogen (secondary N) is 1. The van der Waals surface area contributed by atoms with Crippen molar-refractivity contribution in [1.29, 1.82) is 0 Å². The van der Waals surface area contributed by atoms with Gasteiger partial charge in [-0.05, 0) is 44.8 Å². The Bertz CT molecular complexity index is 166. The Morgan fingerprint density at radius 1 is 1.22 bits per heavy atom. The van der Waals surface area contributed by atoms with Crippen molar-refractivity contribution in [3.63, 3.8) is 0 Å². The zero-order valence-electron chi connectivity index (χ0n) is 13.2. The summed E-state index contributed by atoms with van der Waals surface area (Å²) in [5.74, 6) is 1.59. The van der Waals surface area contributed by atoms with E-state index in [4.69, 9.17) is 4.74 Å². The van der Waals surface area contributed by atoms with Crippen LogP contribution in [0.15, 0.2) is 0 Å². The van der Waals surface area contributed by atoms with E-state index in [2.05, 4.69) is 24.1 Å². The predicted molar refractivity (Wildman–Crippen MR) is 80.1 cm³/mol. The third-order valence-electron chi connectivity index (χ3n) is 3.18. The average molecular weight is 258 g/mol. The van der Waals surface area contributed by atoms with Crippen molar-refractivity contribution >= 4 is 0 Å². The largest absolute Gasteiger partial charge is 0.380 e. The number of ether oxygens (including phenoxy) is 1. The number of likely N-dealkylation sites (N-methyl/N-ethyl adjacent to an activating group) is 1. The van der Waals surface area contributed by atoms with Crippen LogP contribution in [0.25, 0.3) is 0 Å². The second-order valence-corrected chi connectivity index (χ2v) is 5.32. The van der Waals surface area contributed by atoms with E-state index >= 15 is 0 Å². The first-order valence-corrected chi connectivity index (χ1v) is 7.67. The summed E-state index contributed by atoms with van der Waals surface area (Å²) in [6, 6.07) is 0. The Kier molecular flexibility index (Phi) is 11.9. The highest BCUT2D eigenvalue weighted by atomic mass is 16.5. The second-order valence-electron chi connectivity index (χ2n) is 5.32. The van der Waals surface area contributed by atoms with E-state index in [1.54, 1.807) is 0 Å². The molecule has 0 spiro atoms. The molecule has 1 N–H and O–H groups in total. The summed E-state index contributed by atoms with van der Waals surface area (Å²) in [5.41, 5.74) is 0.